The van der Waals surface area contributed by atoms with Crippen molar-refractivity contribution in [2.75, 3.05) is 7.11 Å². The fraction of sp³-hybridized carbons (Fsp3) is 0.136. The van der Waals surface area contributed by atoms with E-state index in [1.165, 1.54) is 19.4 Å². The number of ether oxygens (including phenoxy) is 1. The number of hydrogen-bond donors (Lipinski definition) is 1. The van der Waals surface area contributed by atoms with Crippen molar-refractivity contribution in [1.82, 2.24) is 9.97 Å². The van der Waals surface area contributed by atoms with Gasteiger partial charge in [-0.25, -0.2) is 9.37 Å². The third kappa shape index (κ3) is 3.68. The van der Waals surface area contributed by atoms with Gasteiger partial charge in [-0.2, -0.15) is 13.2 Å². The lowest BCUT2D eigenvalue weighted by molar-refractivity contribution is -0.137. The number of fused-ring (bicyclic) bond motifs is 1. The van der Waals surface area contributed by atoms with E-state index in [0.29, 0.717) is 22.3 Å². The maximum Gasteiger partial charge on any atom is 0.416 e. The molecule has 4 rings (SSSR count). The first-order chi connectivity index (χ1) is 13.9. The van der Waals surface area contributed by atoms with E-state index in [1.54, 1.807) is 36.5 Å². The average Bonchev–Trinajstić information content (AvgIpc) is 3.11. The number of nitrogens with zero attached hydrogens (tertiary/aromatic N) is 1. The molecule has 0 fully saturated rings. The lowest BCUT2D eigenvalue weighted by Gasteiger charge is -2.09. The molecule has 0 radical (unpaired) electrons. The van der Waals surface area contributed by atoms with Gasteiger partial charge in [0.2, 0.25) is 0 Å². The van der Waals surface area contributed by atoms with Crippen molar-refractivity contribution in [1.29, 1.82) is 0 Å². The van der Waals surface area contributed by atoms with Crippen molar-refractivity contribution in [3.05, 3.63) is 83.4 Å². The molecular weight excluding hydrogens is 384 g/mol. The summed E-state index contributed by atoms with van der Waals surface area (Å²) in [5, 5.41) is 0.724. The predicted octanol–water partition coefficient (Wildman–Crippen LogP) is 5.99. The minimum Gasteiger partial charge on any atom is -0.494 e. The van der Waals surface area contributed by atoms with E-state index >= 15 is 0 Å². The molecule has 4 aromatic rings. The van der Waals surface area contributed by atoms with Crippen LogP contribution in [0.1, 0.15) is 16.7 Å². The number of rotatable bonds is 4. The standard InChI is InChI=1S/C22H16F4N2O/c1-29-19-7-3-5-14(20(19)23)8-16-12-28-21-18(16)10-15(11-27-21)13-4-2-6-17(9-13)22(24,25)26/h2-7,9-12H,8H2,1H3,(H,27,28). The molecule has 2 aromatic carbocycles. The molecule has 0 amide bonds. The normalized spacial score (nSPS) is 11.8. The monoisotopic (exact) mass is 400 g/mol. The Morgan fingerprint density at radius 1 is 1.00 bits per heavy atom. The largest absolute Gasteiger partial charge is 0.494 e. The second-order valence-corrected chi connectivity index (χ2v) is 6.62. The molecule has 0 aliphatic rings. The summed E-state index contributed by atoms with van der Waals surface area (Å²) in [5.41, 5.74) is 2.06. The number of aromatic amines is 1. The Labute approximate surface area is 164 Å². The summed E-state index contributed by atoms with van der Waals surface area (Å²) in [6, 6.07) is 11.8. The summed E-state index contributed by atoms with van der Waals surface area (Å²) < 4.78 is 58.6. The zero-order valence-electron chi connectivity index (χ0n) is 15.3. The van der Waals surface area contributed by atoms with E-state index in [9.17, 15) is 17.6 Å². The van der Waals surface area contributed by atoms with Crippen LogP contribution in [0.2, 0.25) is 0 Å². The number of alkyl halides is 3. The van der Waals surface area contributed by atoms with Crippen LogP contribution in [-0.4, -0.2) is 17.1 Å². The maximum absolute atomic E-state index is 14.5. The molecule has 0 aliphatic heterocycles. The Hall–Kier alpha value is -3.35. The highest BCUT2D eigenvalue weighted by atomic mass is 19.4. The topological polar surface area (TPSA) is 37.9 Å². The Morgan fingerprint density at radius 3 is 2.55 bits per heavy atom. The summed E-state index contributed by atoms with van der Waals surface area (Å²) in [5.74, 6) is -0.281. The molecule has 7 heteroatoms. The van der Waals surface area contributed by atoms with Crippen molar-refractivity contribution in [2.24, 2.45) is 0 Å². The van der Waals surface area contributed by atoms with Gasteiger partial charge in [-0.3, -0.25) is 0 Å². The van der Waals surface area contributed by atoms with Crippen molar-refractivity contribution in [3.63, 3.8) is 0 Å². The Kier molecular flexibility index (Phi) is 4.74. The molecular formula is C22H16F4N2O. The number of H-pyrrole nitrogens is 1. The van der Waals surface area contributed by atoms with Gasteiger partial charge >= 0.3 is 6.18 Å². The number of halogens is 4. The molecule has 0 spiro atoms. The molecule has 0 saturated carbocycles. The molecule has 2 aromatic heterocycles. The van der Waals surface area contributed by atoms with Gasteiger partial charge < -0.3 is 9.72 Å². The van der Waals surface area contributed by atoms with Crippen molar-refractivity contribution in [2.45, 2.75) is 12.6 Å². The van der Waals surface area contributed by atoms with E-state index in [1.807, 2.05) is 0 Å². The summed E-state index contributed by atoms with van der Waals surface area (Å²) in [4.78, 5) is 7.34. The molecule has 0 atom stereocenters. The first-order valence-corrected chi connectivity index (χ1v) is 8.82. The zero-order valence-corrected chi connectivity index (χ0v) is 15.3. The second kappa shape index (κ2) is 7.24. The fourth-order valence-corrected chi connectivity index (χ4v) is 3.29. The average molecular weight is 400 g/mol. The molecule has 1 N–H and O–H groups in total. The number of nitrogens with one attached hydrogen (secondary N) is 1. The smallest absolute Gasteiger partial charge is 0.416 e. The minimum absolute atomic E-state index is 0.158. The van der Waals surface area contributed by atoms with Gasteiger partial charge in [0.05, 0.1) is 12.7 Å². The van der Waals surface area contributed by atoms with Crippen LogP contribution >= 0.6 is 0 Å². The van der Waals surface area contributed by atoms with Gasteiger partial charge in [-0.1, -0.05) is 24.3 Å². The van der Waals surface area contributed by atoms with Crippen molar-refractivity contribution in [3.8, 4) is 16.9 Å². The third-order valence-corrected chi connectivity index (χ3v) is 4.78. The van der Waals surface area contributed by atoms with Gasteiger partial charge in [-0.05, 0) is 41.0 Å². The molecule has 3 nitrogen and oxygen atoms in total. The number of methoxy groups -OCH3 is 1. The highest BCUT2D eigenvalue weighted by molar-refractivity contribution is 5.85. The minimum atomic E-state index is -4.42. The first-order valence-electron chi connectivity index (χ1n) is 8.82. The predicted molar refractivity (Wildman–Crippen MR) is 102 cm³/mol. The lowest BCUT2D eigenvalue weighted by Crippen LogP contribution is -2.04. The van der Waals surface area contributed by atoms with Crippen molar-refractivity contribution >= 4 is 11.0 Å². The van der Waals surface area contributed by atoms with Crippen LogP contribution in [0, 0.1) is 5.82 Å². The van der Waals surface area contributed by atoms with Gasteiger partial charge in [0.1, 0.15) is 5.65 Å². The second-order valence-electron chi connectivity index (χ2n) is 6.62. The van der Waals surface area contributed by atoms with Crippen LogP contribution in [0.5, 0.6) is 5.75 Å². The lowest BCUT2D eigenvalue weighted by atomic mass is 10.0. The van der Waals surface area contributed by atoms with E-state index in [-0.39, 0.29) is 12.2 Å². The fourth-order valence-electron chi connectivity index (χ4n) is 3.29. The van der Waals surface area contributed by atoms with E-state index in [4.69, 9.17) is 4.74 Å². The highest BCUT2D eigenvalue weighted by Gasteiger charge is 2.30. The van der Waals surface area contributed by atoms with Crippen LogP contribution < -0.4 is 4.74 Å². The van der Waals surface area contributed by atoms with Gasteiger partial charge in [0.25, 0.3) is 0 Å². The summed E-state index contributed by atoms with van der Waals surface area (Å²) in [6.45, 7) is 0. The highest BCUT2D eigenvalue weighted by Crippen LogP contribution is 2.33. The summed E-state index contributed by atoms with van der Waals surface area (Å²) >= 11 is 0. The number of pyridine rings is 1. The zero-order chi connectivity index (χ0) is 20.6. The van der Waals surface area contributed by atoms with Crippen LogP contribution in [0.4, 0.5) is 17.6 Å². The summed E-state index contributed by atoms with van der Waals surface area (Å²) in [7, 11) is 1.40. The molecule has 0 saturated heterocycles. The van der Waals surface area contributed by atoms with Crippen LogP contribution in [0.15, 0.2) is 60.9 Å². The van der Waals surface area contributed by atoms with Crippen LogP contribution in [-0.2, 0) is 12.6 Å². The number of aromatic nitrogens is 2. The first kappa shape index (κ1) is 19.0. The van der Waals surface area contributed by atoms with Gasteiger partial charge in [0.15, 0.2) is 11.6 Å². The quantitative estimate of drug-likeness (QED) is 0.428. The van der Waals surface area contributed by atoms with Crippen LogP contribution in [0.25, 0.3) is 22.2 Å². The van der Waals surface area contributed by atoms with Crippen molar-refractivity contribution < 1.29 is 22.3 Å². The number of hydrogen-bond acceptors (Lipinski definition) is 2. The van der Waals surface area contributed by atoms with E-state index < -0.39 is 17.6 Å². The van der Waals surface area contributed by atoms with Gasteiger partial charge in [-0.15, -0.1) is 0 Å². The van der Waals surface area contributed by atoms with Crippen LogP contribution in [0.3, 0.4) is 0 Å². The Bertz CT molecular complexity index is 1180. The van der Waals surface area contributed by atoms with E-state index in [0.717, 1.165) is 23.1 Å². The molecule has 0 unspecified atom stereocenters. The Balaban J connectivity index is 1.74. The van der Waals surface area contributed by atoms with E-state index in [2.05, 4.69) is 9.97 Å². The molecule has 2 heterocycles. The van der Waals surface area contributed by atoms with Gasteiger partial charge in [0, 0.05) is 29.8 Å². The summed E-state index contributed by atoms with van der Waals surface area (Å²) in [6.07, 6.45) is -0.885. The third-order valence-electron chi connectivity index (χ3n) is 4.78. The molecule has 29 heavy (non-hydrogen) atoms. The maximum atomic E-state index is 14.5. The molecule has 0 aliphatic carbocycles. The Morgan fingerprint density at radius 2 is 1.79 bits per heavy atom. The number of benzene rings is 2. The molecule has 148 valence electrons. The molecule has 0 bridgehead atoms. The SMILES string of the molecule is COc1cccc(Cc2c[nH]c3ncc(-c4cccc(C(F)(F)F)c4)cc23)c1F.